The van der Waals surface area contributed by atoms with E-state index in [1.54, 1.807) is 0 Å². The van der Waals surface area contributed by atoms with Crippen LogP contribution in [0.4, 0.5) is 0 Å². The van der Waals surface area contributed by atoms with E-state index in [9.17, 15) is 0 Å². The smallest absolute Gasteiger partial charge is 0.246 e. The Hall–Kier alpha value is -11.9. The highest BCUT2D eigenvalue weighted by Crippen LogP contribution is 2.36. The number of rotatable bonds is 9. The van der Waals surface area contributed by atoms with Crippen LogP contribution in [0.2, 0.25) is 0 Å². The standard InChI is InChI=1S/C41H27N5.C35H22N4O/c1-2-10-31(11-3-1)46-40-17-9-6-14-36(40)44-41(46)37-25-21-30(27-43-37)29-20-24-35(42-26-29)28-18-22-32(23-19-28)45-38-15-7-4-12-33(38)34-13-5-8-16-39(34)45;1-4-10-32-27(7-1)28-8-2-5-11-33(28)39(32)26-17-13-23(14-18-26)29-19-15-24(21-36-29)25-16-20-31(37-22-25)35-38-30-9-3-6-12-34(30)40-35/h1-27H;1-22H. The number of hydrogen-bond acceptors (Lipinski definition) is 7. The van der Waals surface area contributed by atoms with Crippen molar-refractivity contribution >= 4 is 65.7 Å². The zero-order valence-corrected chi connectivity index (χ0v) is 46.2. The summed E-state index contributed by atoms with van der Waals surface area (Å²) in [5, 5.41) is 5.04. The normalized spacial score (nSPS) is 11.5. The summed E-state index contributed by atoms with van der Waals surface area (Å²) in [6.45, 7) is 0. The maximum absolute atomic E-state index is 5.85. The number of oxazole rings is 1. The van der Waals surface area contributed by atoms with Gasteiger partial charge in [0.15, 0.2) is 11.4 Å². The van der Waals surface area contributed by atoms with Gasteiger partial charge in [-0.2, -0.15) is 0 Å². The first-order valence-corrected chi connectivity index (χ1v) is 28.6. The molecule has 0 bridgehead atoms. The van der Waals surface area contributed by atoms with Crippen LogP contribution < -0.4 is 0 Å². The Morgan fingerprint density at radius 1 is 0.244 bits per heavy atom. The fourth-order valence-electron chi connectivity index (χ4n) is 11.8. The highest BCUT2D eigenvalue weighted by molar-refractivity contribution is 6.10. The summed E-state index contributed by atoms with van der Waals surface area (Å²) in [7, 11) is 0. The molecule has 0 spiro atoms. The second kappa shape index (κ2) is 21.1. The third-order valence-electron chi connectivity index (χ3n) is 16.0. The SMILES string of the molecule is c1ccc(-n2c(-c3ccc(-c4ccc(-c5ccc(-n6c7ccccc7c7ccccc76)cc5)nc4)cn3)nc3ccccc32)cc1.c1ccc2oc(-c3ccc(-c4ccc(-c5ccc(-n6c7ccccc7c7ccccc76)cc5)nc4)cn3)nc2c1. The van der Waals surface area contributed by atoms with E-state index in [1.807, 2.05) is 104 Å². The summed E-state index contributed by atoms with van der Waals surface area (Å²) in [5.41, 5.74) is 21.2. The Balaban J connectivity index is 0.000000141. The van der Waals surface area contributed by atoms with Crippen LogP contribution >= 0.6 is 0 Å². The average molecular weight is 1100 g/mol. The van der Waals surface area contributed by atoms with Crippen molar-refractivity contribution in [3.63, 3.8) is 0 Å². The number of hydrogen-bond donors (Lipinski definition) is 0. The van der Waals surface area contributed by atoms with Crippen molar-refractivity contribution in [1.29, 1.82) is 0 Å². The summed E-state index contributed by atoms with van der Waals surface area (Å²) in [6.07, 6.45) is 7.56. The minimum atomic E-state index is 0.519. The molecule has 17 rings (SSSR count). The number of imidazole rings is 1. The monoisotopic (exact) mass is 1100 g/mol. The molecule has 86 heavy (non-hydrogen) atoms. The largest absolute Gasteiger partial charge is 0.435 e. The number of benzene rings is 9. The average Bonchev–Trinajstić information content (AvgIpc) is 2.18. The van der Waals surface area contributed by atoms with Crippen LogP contribution in [-0.4, -0.2) is 43.6 Å². The molecule has 8 heterocycles. The summed E-state index contributed by atoms with van der Waals surface area (Å²) in [5.74, 6) is 1.34. The van der Waals surface area contributed by atoms with Gasteiger partial charge in [-0.3, -0.25) is 24.5 Å². The number of fused-ring (bicyclic) bond motifs is 8. The van der Waals surface area contributed by atoms with Gasteiger partial charge in [-0.15, -0.1) is 0 Å². The summed E-state index contributed by atoms with van der Waals surface area (Å²) < 4.78 is 12.7. The molecule has 17 aromatic rings. The van der Waals surface area contributed by atoms with E-state index >= 15 is 0 Å². The Morgan fingerprint density at radius 3 is 1.05 bits per heavy atom. The van der Waals surface area contributed by atoms with E-state index in [1.165, 1.54) is 43.6 Å². The molecule has 9 aromatic carbocycles. The van der Waals surface area contributed by atoms with Crippen LogP contribution in [0, 0.1) is 0 Å². The lowest BCUT2D eigenvalue weighted by molar-refractivity contribution is 0.617. The second-order valence-corrected chi connectivity index (χ2v) is 21.1. The van der Waals surface area contributed by atoms with Crippen LogP contribution in [0.25, 0.3) is 151 Å². The number of aromatic nitrogens is 9. The molecule has 8 aromatic heterocycles. The topological polar surface area (TPSA) is 105 Å². The molecule has 404 valence electrons. The molecular weight excluding hydrogens is 1050 g/mol. The number of pyridine rings is 4. The number of nitrogens with zero attached hydrogens (tertiary/aromatic N) is 9. The molecule has 0 aliphatic heterocycles. The molecule has 0 amide bonds. The zero-order valence-electron chi connectivity index (χ0n) is 46.2. The van der Waals surface area contributed by atoms with Crippen LogP contribution in [0.3, 0.4) is 0 Å². The summed E-state index contributed by atoms with van der Waals surface area (Å²) in [4.78, 5) is 28.5. The molecule has 0 unspecified atom stereocenters. The van der Waals surface area contributed by atoms with Crippen molar-refractivity contribution in [2.45, 2.75) is 0 Å². The van der Waals surface area contributed by atoms with Crippen molar-refractivity contribution < 1.29 is 4.42 Å². The van der Waals surface area contributed by atoms with E-state index in [0.29, 0.717) is 11.6 Å². The van der Waals surface area contributed by atoms with Gasteiger partial charge in [0.25, 0.3) is 0 Å². The Kier molecular flexibility index (Phi) is 12.3. The molecule has 0 saturated carbocycles. The van der Waals surface area contributed by atoms with E-state index in [0.717, 1.165) is 95.5 Å². The zero-order chi connectivity index (χ0) is 56.9. The minimum absolute atomic E-state index is 0.519. The predicted octanol–water partition coefficient (Wildman–Crippen LogP) is 18.6. The van der Waals surface area contributed by atoms with Gasteiger partial charge in [-0.25, -0.2) is 9.97 Å². The minimum Gasteiger partial charge on any atom is -0.435 e. The van der Waals surface area contributed by atoms with Crippen LogP contribution in [0.1, 0.15) is 0 Å². The lowest BCUT2D eigenvalue weighted by Crippen LogP contribution is -1.98. The highest BCUT2D eigenvalue weighted by Gasteiger charge is 2.18. The van der Waals surface area contributed by atoms with Crippen LogP contribution in [-0.2, 0) is 0 Å². The number of para-hydroxylation sites is 9. The van der Waals surface area contributed by atoms with Crippen LogP contribution in [0.5, 0.6) is 0 Å². The van der Waals surface area contributed by atoms with Gasteiger partial charge in [0.1, 0.15) is 16.9 Å². The maximum atomic E-state index is 5.85. The first-order valence-electron chi connectivity index (χ1n) is 28.6. The Bertz CT molecular complexity index is 5160. The lowest BCUT2D eigenvalue weighted by Gasteiger charge is -2.10. The van der Waals surface area contributed by atoms with Crippen molar-refractivity contribution in [3.05, 3.63) is 298 Å². The molecule has 10 heteroatoms. The van der Waals surface area contributed by atoms with E-state index < -0.39 is 0 Å². The van der Waals surface area contributed by atoms with Gasteiger partial charge >= 0.3 is 0 Å². The van der Waals surface area contributed by atoms with Crippen molar-refractivity contribution in [1.82, 2.24) is 43.6 Å². The molecule has 10 nitrogen and oxygen atoms in total. The third-order valence-corrected chi connectivity index (χ3v) is 16.0. The molecule has 0 fully saturated rings. The Labute approximate surface area is 493 Å². The van der Waals surface area contributed by atoms with Gasteiger partial charge < -0.3 is 13.6 Å². The fraction of sp³-hybridized carbons (Fsp3) is 0. The van der Waals surface area contributed by atoms with Crippen molar-refractivity contribution in [3.8, 4) is 84.9 Å². The predicted molar refractivity (Wildman–Crippen MR) is 348 cm³/mol. The molecule has 0 aliphatic carbocycles. The molecule has 0 aliphatic rings. The van der Waals surface area contributed by atoms with E-state index in [2.05, 4.69) is 218 Å². The fourth-order valence-corrected chi connectivity index (χ4v) is 11.8. The first-order chi connectivity index (χ1) is 42.6. The van der Waals surface area contributed by atoms with E-state index in [4.69, 9.17) is 24.4 Å². The second-order valence-electron chi connectivity index (χ2n) is 21.1. The highest BCUT2D eigenvalue weighted by atomic mass is 16.3. The maximum Gasteiger partial charge on any atom is 0.246 e. The van der Waals surface area contributed by atoms with Crippen molar-refractivity contribution in [2.75, 3.05) is 0 Å². The summed E-state index contributed by atoms with van der Waals surface area (Å²) >= 11 is 0. The Morgan fingerprint density at radius 2 is 0.605 bits per heavy atom. The van der Waals surface area contributed by atoms with E-state index in [-0.39, 0.29) is 0 Å². The van der Waals surface area contributed by atoms with Gasteiger partial charge in [0.2, 0.25) is 5.89 Å². The summed E-state index contributed by atoms with van der Waals surface area (Å²) in [6, 6.07) is 94.1. The molecular formula is C76H49N9O. The lowest BCUT2D eigenvalue weighted by atomic mass is 10.1. The quantitative estimate of drug-likeness (QED) is 0.142. The first kappa shape index (κ1) is 49.9. The van der Waals surface area contributed by atoms with Gasteiger partial charge in [0, 0.05) is 96.8 Å². The van der Waals surface area contributed by atoms with Gasteiger partial charge in [-0.05, 0) is 109 Å². The van der Waals surface area contributed by atoms with Crippen molar-refractivity contribution in [2.24, 2.45) is 0 Å². The third kappa shape index (κ3) is 8.93. The van der Waals surface area contributed by atoms with Crippen LogP contribution in [0.15, 0.2) is 302 Å². The molecule has 0 N–H and O–H groups in total. The van der Waals surface area contributed by atoms with Gasteiger partial charge in [-0.1, -0.05) is 164 Å². The van der Waals surface area contributed by atoms with Gasteiger partial charge in [0.05, 0.1) is 44.5 Å². The molecule has 0 atom stereocenters. The molecule has 0 saturated heterocycles. The molecule has 0 radical (unpaired) electrons.